The number of hydrogen-bond donors (Lipinski definition) is 1. The third-order valence-electron chi connectivity index (χ3n) is 4.83. The number of methoxy groups -OCH3 is 1. The Kier molecular flexibility index (Phi) is 8.57. The van der Waals surface area contributed by atoms with E-state index in [1.807, 2.05) is 6.07 Å². The van der Waals surface area contributed by atoms with Crippen molar-refractivity contribution in [1.29, 1.82) is 5.26 Å². The van der Waals surface area contributed by atoms with Gasteiger partial charge in [-0.1, -0.05) is 18.2 Å². The molecule has 3 aromatic rings. The van der Waals surface area contributed by atoms with Crippen LogP contribution >= 0.6 is 0 Å². The van der Waals surface area contributed by atoms with Gasteiger partial charge in [0.15, 0.2) is 11.5 Å². The molecule has 1 amide bonds. The van der Waals surface area contributed by atoms with Gasteiger partial charge in [0, 0.05) is 5.69 Å². The third-order valence-corrected chi connectivity index (χ3v) is 4.83. The summed E-state index contributed by atoms with van der Waals surface area (Å²) in [7, 11) is 1.48. The van der Waals surface area contributed by atoms with Crippen molar-refractivity contribution in [2.75, 3.05) is 19.0 Å². The van der Waals surface area contributed by atoms with Crippen LogP contribution in [0.2, 0.25) is 0 Å². The molecule has 0 aliphatic carbocycles. The fraction of sp³-hybridized carbons (Fsp3) is 0.148. The summed E-state index contributed by atoms with van der Waals surface area (Å²) in [5, 5.41) is 12.1. The van der Waals surface area contributed by atoms with Crippen LogP contribution in [0.3, 0.4) is 0 Å². The molecule has 0 saturated carbocycles. The van der Waals surface area contributed by atoms with Gasteiger partial charge in [0.2, 0.25) is 0 Å². The summed E-state index contributed by atoms with van der Waals surface area (Å²) < 4.78 is 29.1. The van der Waals surface area contributed by atoms with Crippen molar-refractivity contribution in [2.24, 2.45) is 0 Å². The number of rotatable bonds is 9. The number of carbonyl (C=O) groups is 2. The average molecular weight is 474 g/mol. The lowest BCUT2D eigenvalue weighted by molar-refractivity contribution is -0.112. The van der Waals surface area contributed by atoms with Crippen molar-refractivity contribution in [1.82, 2.24) is 0 Å². The first-order chi connectivity index (χ1) is 16.9. The Morgan fingerprint density at radius 1 is 1.03 bits per heavy atom. The van der Waals surface area contributed by atoms with Gasteiger partial charge in [-0.15, -0.1) is 0 Å². The van der Waals surface area contributed by atoms with Crippen LogP contribution in [0.15, 0.2) is 72.3 Å². The minimum Gasteiger partial charge on any atom is -0.493 e. The minimum absolute atomic E-state index is 0.124. The number of halogens is 1. The fourth-order valence-corrected chi connectivity index (χ4v) is 3.05. The maximum Gasteiger partial charge on any atom is 0.338 e. The van der Waals surface area contributed by atoms with Gasteiger partial charge >= 0.3 is 5.97 Å². The molecule has 8 heteroatoms. The molecule has 0 bridgehead atoms. The van der Waals surface area contributed by atoms with Crippen LogP contribution in [0, 0.1) is 17.1 Å². The van der Waals surface area contributed by atoms with E-state index in [1.54, 1.807) is 49.4 Å². The van der Waals surface area contributed by atoms with Gasteiger partial charge < -0.3 is 19.5 Å². The second kappa shape index (κ2) is 12.0. The lowest BCUT2D eigenvalue weighted by atomic mass is 10.1. The average Bonchev–Trinajstić information content (AvgIpc) is 2.87. The maximum absolute atomic E-state index is 13.1. The SMILES string of the molecule is CCOC(=O)c1ccc(NC(=O)/C(C#N)=C/c2ccc(OCc3ccc(F)cc3)c(OC)c2)cc1. The van der Waals surface area contributed by atoms with Crippen molar-refractivity contribution >= 4 is 23.6 Å². The van der Waals surface area contributed by atoms with Gasteiger partial charge in [-0.05, 0) is 72.7 Å². The summed E-state index contributed by atoms with van der Waals surface area (Å²) in [6, 6.07) is 19.0. The van der Waals surface area contributed by atoms with E-state index < -0.39 is 11.9 Å². The predicted molar refractivity (Wildman–Crippen MR) is 128 cm³/mol. The molecule has 1 N–H and O–H groups in total. The molecule has 0 aliphatic heterocycles. The van der Waals surface area contributed by atoms with Crippen LogP contribution in [0.4, 0.5) is 10.1 Å². The van der Waals surface area contributed by atoms with Crippen molar-refractivity contribution in [3.05, 3.63) is 94.8 Å². The number of ether oxygens (including phenoxy) is 3. The first-order valence-electron chi connectivity index (χ1n) is 10.7. The highest BCUT2D eigenvalue weighted by molar-refractivity contribution is 6.09. The Hall–Kier alpha value is -4.64. The molecule has 0 saturated heterocycles. The lowest BCUT2D eigenvalue weighted by Crippen LogP contribution is -2.13. The molecule has 0 unspecified atom stereocenters. The highest BCUT2D eigenvalue weighted by atomic mass is 19.1. The zero-order valence-corrected chi connectivity index (χ0v) is 19.2. The highest BCUT2D eigenvalue weighted by Crippen LogP contribution is 2.30. The second-order valence-electron chi connectivity index (χ2n) is 7.25. The summed E-state index contributed by atoms with van der Waals surface area (Å²) in [6.07, 6.45) is 1.43. The number of esters is 1. The number of amides is 1. The van der Waals surface area contributed by atoms with E-state index in [2.05, 4.69) is 5.32 Å². The van der Waals surface area contributed by atoms with E-state index in [9.17, 15) is 19.2 Å². The third kappa shape index (κ3) is 6.92. The normalized spacial score (nSPS) is 10.7. The number of benzene rings is 3. The molecule has 35 heavy (non-hydrogen) atoms. The van der Waals surface area contributed by atoms with Crippen LogP contribution in [-0.2, 0) is 16.1 Å². The standard InChI is InChI=1S/C27H23FN2O5/c1-3-34-27(32)20-7-11-23(12-8-20)30-26(31)21(16-29)14-19-6-13-24(25(15-19)33-2)35-17-18-4-9-22(28)10-5-18/h4-15H,3,17H2,1-2H3,(H,30,31)/b21-14+. The Morgan fingerprint density at radius 3 is 2.37 bits per heavy atom. The molecule has 0 radical (unpaired) electrons. The maximum atomic E-state index is 13.1. The Balaban J connectivity index is 1.70. The molecule has 0 fully saturated rings. The number of carbonyl (C=O) groups excluding carboxylic acids is 2. The Morgan fingerprint density at radius 2 is 1.74 bits per heavy atom. The first-order valence-corrected chi connectivity index (χ1v) is 10.7. The van der Waals surface area contributed by atoms with Gasteiger partial charge in [0.25, 0.3) is 5.91 Å². The molecular formula is C27H23FN2O5. The summed E-state index contributed by atoms with van der Waals surface area (Å²) in [5.74, 6) is -0.519. The smallest absolute Gasteiger partial charge is 0.338 e. The molecule has 7 nitrogen and oxygen atoms in total. The van der Waals surface area contributed by atoms with E-state index in [4.69, 9.17) is 14.2 Å². The number of nitriles is 1. The first kappa shape index (κ1) is 25.0. The van der Waals surface area contributed by atoms with Crippen LogP contribution in [-0.4, -0.2) is 25.6 Å². The largest absolute Gasteiger partial charge is 0.493 e. The van der Waals surface area contributed by atoms with Gasteiger partial charge in [0.05, 0.1) is 19.3 Å². The molecule has 0 spiro atoms. The molecule has 0 aromatic heterocycles. The summed E-state index contributed by atoms with van der Waals surface area (Å²) in [6.45, 7) is 2.19. The van der Waals surface area contributed by atoms with Gasteiger partial charge in [-0.3, -0.25) is 4.79 Å². The van der Waals surface area contributed by atoms with Gasteiger partial charge in [0.1, 0.15) is 24.1 Å². The van der Waals surface area contributed by atoms with Crippen molar-refractivity contribution in [2.45, 2.75) is 13.5 Å². The Labute approximate surface area is 202 Å². The molecule has 0 heterocycles. The zero-order chi connectivity index (χ0) is 25.2. The quantitative estimate of drug-likeness (QED) is 0.262. The van der Waals surface area contributed by atoms with Crippen LogP contribution < -0.4 is 14.8 Å². The fourth-order valence-electron chi connectivity index (χ4n) is 3.05. The number of hydrogen-bond acceptors (Lipinski definition) is 6. The van der Waals surface area contributed by atoms with Crippen molar-refractivity contribution in [3.63, 3.8) is 0 Å². The van der Waals surface area contributed by atoms with Crippen molar-refractivity contribution in [3.8, 4) is 17.6 Å². The van der Waals surface area contributed by atoms with Gasteiger partial charge in [-0.2, -0.15) is 5.26 Å². The van der Waals surface area contributed by atoms with Gasteiger partial charge in [-0.25, -0.2) is 9.18 Å². The van der Waals surface area contributed by atoms with Crippen LogP contribution in [0.1, 0.15) is 28.4 Å². The topological polar surface area (TPSA) is 97.7 Å². The highest BCUT2D eigenvalue weighted by Gasteiger charge is 2.12. The molecule has 178 valence electrons. The molecule has 3 rings (SSSR count). The molecular weight excluding hydrogens is 451 g/mol. The van der Waals surface area contributed by atoms with E-state index in [1.165, 1.54) is 37.5 Å². The minimum atomic E-state index is -0.605. The lowest BCUT2D eigenvalue weighted by Gasteiger charge is -2.12. The number of nitrogens with one attached hydrogen (secondary N) is 1. The molecule has 0 aliphatic rings. The summed E-state index contributed by atoms with van der Waals surface area (Å²) >= 11 is 0. The predicted octanol–water partition coefficient (Wildman–Crippen LogP) is 5.14. The zero-order valence-electron chi connectivity index (χ0n) is 19.2. The molecule has 3 aromatic carbocycles. The van der Waals surface area contributed by atoms with E-state index >= 15 is 0 Å². The summed E-state index contributed by atoms with van der Waals surface area (Å²) in [5.41, 5.74) is 2.00. The number of nitrogens with zero attached hydrogens (tertiary/aromatic N) is 1. The Bertz CT molecular complexity index is 1260. The summed E-state index contributed by atoms with van der Waals surface area (Å²) in [4.78, 5) is 24.3. The van der Waals surface area contributed by atoms with E-state index in [-0.39, 0.29) is 24.6 Å². The monoisotopic (exact) mass is 474 g/mol. The van der Waals surface area contributed by atoms with E-state index in [0.717, 1.165) is 5.56 Å². The van der Waals surface area contributed by atoms with Crippen LogP contribution in [0.5, 0.6) is 11.5 Å². The second-order valence-corrected chi connectivity index (χ2v) is 7.25. The number of anilines is 1. The van der Waals surface area contributed by atoms with Crippen molar-refractivity contribution < 1.29 is 28.2 Å². The van der Waals surface area contributed by atoms with E-state index in [0.29, 0.717) is 28.3 Å². The van der Waals surface area contributed by atoms with Crippen LogP contribution in [0.25, 0.3) is 6.08 Å². The molecule has 0 atom stereocenters.